The first kappa shape index (κ1) is 18.4. The van der Waals surface area contributed by atoms with E-state index >= 15 is 0 Å². The van der Waals surface area contributed by atoms with E-state index in [0.717, 1.165) is 32.1 Å². The van der Waals surface area contributed by atoms with Gasteiger partial charge in [-0.2, -0.15) is 0 Å². The van der Waals surface area contributed by atoms with Gasteiger partial charge < -0.3 is 10.1 Å². The number of benzene rings is 1. The first-order valence-corrected chi connectivity index (χ1v) is 9.48. The Labute approximate surface area is 153 Å². The van der Waals surface area contributed by atoms with Gasteiger partial charge in [0.05, 0.1) is 24.1 Å². The maximum atomic E-state index is 12.4. The molecule has 2 fully saturated rings. The first-order valence-electron chi connectivity index (χ1n) is 9.48. The summed E-state index contributed by atoms with van der Waals surface area (Å²) in [6.45, 7) is 2.74. The lowest BCUT2D eigenvalue weighted by Gasteiger charge is -2.19. The molecule has 26 heavy (non-hydrogen) atoms. The van der Waals surface area contributed by atoms with Gasteiger partial charge in [0.15, 0.2) is 0 Å². The van der Waals surface area contributed by atoms with Crippen LogP contribution in [0.1, 0.15) is 45.4 Å². The highest BCUT2D eigenvalue weighted by Crippen LogP contribution is 2.38. The van der Waals surface area contributed by atoms with E-state index < -0.39 is 0 Å². The molecule has 1 aromatic rings. The number of rotatable bonds is 7. The molecule has 3 rings (SSSR count). The molecule has 0 bridgehead atoms. The van der Waals surface area contributed by atoms with Crippen molar-refractivity contribution in [3.63, 3.8) is 0 Å². The minimum atomic E-state index is -0.229. The van der Waals surface area contributed by atoms with Crippen molar-refractivity contribution in [2.45, 2.75) is 45.4 Å². The number of hydrogen-bond donors (Lipinski definition) is 1. The summed E-state index contributed by atoms with van der Waals surface area (Å²) >= 11 is 0. The van der Waals surface area contributed by atoms with Crippen molar-refractivity contribution in [3.05, 3.63) is 24.3 Å². The van der Waals surface area contributed by atoms with Crippen LogP contribution >= 0.6 is 0 Å². The molecule has 140 valence electrons. The zero-order valence-corrected chi connectivity index (χ0v) is 15.2. The number of imide groups is 1. The highest BCUT2D eigenvalue weighted by Gasteiger charge is 2.47. The molecular weight excluding hydrogens is 332 g/mol. The second-order valence-corrected chi connectivity index (χ2v) is 6.97. The normalized spacial score (nSPS) is 22.3. The molecule has 6 heteroatoms. The van der Waals surface area contributed by atoms with Crippen molar-refractivity contribution in [1.29, 1.82) is 0 Å². The van der Waals surface area contributed by atoms with Gasteiger partial charge in [0.25, 0.3) is 0 Å². The molecule has 0 spiro atoms. The van der Waals surface area contributed by atoms with E-state index in [1.54, 1.807) is 6.07 Å². The molecule has 0 unspecified atom stereocenters. The Morgan fingerprint density at radius 1 is 1.15 bits per heavy atom. The van der Waals surface area contributed by atoms with E-state index in [9.17, 15) is 14.4 Å². The van der Waals surface area contributed by atoms with Gasteiger partial charge in [0, 0.05) is 13.0 Å². The van der Waals surface area contributed by atoms with Crippen LogP contribution in [0.4, 0.5) is 5.69 Å². The Hall–Kier alpha value is -2.37. The molecule has 1 heterocycles. The maximum absolute atomic E-state index is 12.4. The summed E-state index contributed by atoms with van der Waals surface area (Å²) in [7, 11) is 0. The van der Waals surface area contributed by atoms with E-state index in [2.05, 4.69) is 5.32 Å². The Morgan fingerprint density at radius 3 is 2.46 bits per heavy atom. The van der Waals surface area contributed by atoms with E-state index in [4.69, 9.17) is 4.74 Å². The fourth-order valence-corrected chi connectivity index (χ4v) is 3.79. The monoisotopic (exact) mass is 358 g/mol. The molecule has 1 aliphatic carbocycles. The van der Waals surface area contributed by atoms with Gasteiger partial charge in [0.2, 0.25) is 17.7 Å². The number of carbonyl (C=O) groups excluding carboxylic acids is 3. The molecule has 1 saturated carbocycles. The third-order valence-electron chi connectivity index (χ3n) is 5.12. The number of hydrogen-bond acceptors (Lipinski definition) is 4. The molecule has 1 saturated heterocycles. The van der Waals surface area contributed by atoms with Crippen LogP contribution in [0.2, 0.25) is 0 Å². The highest BCUT2D eigenvalue weighted by atomic mass is 16.5. The van der Waals surface area contributed by atoms with Gasteiger partial charge in [-0.3, -0.25) is 19.3 Å². The fourth-order valence-electron chi connectivity index (χ4n) is 3.79. The predicted molar refractivity (Wildman–Crippen MR) is 97.6 cm³/mol. The lowest BCUT2D eigenvalue weighted by atomic mass is 9.81. The summed E-state index contributed by atoms with van der Waals surface area (Å²) in [5.74, 6) is -0.126. The number of nitrogens with one attached hydrogen (secondary N) is 1. The minimum absolute atomic E-state index is 0.0963. The fraction of sp³-hybridized carbons (Fsp3) is 0.550. The number of nitrogens with zero attached hydrogens (tertiary/aromatic N) is 1. The number of likely N-dealkylation sites (tertiary alicyclic amines) is 1. The van der Waals surface area contributed by atoms with E-state index in [1.165, 1.54) is 4.90 Å². The minimum Gasteiger partial charge on any atom is -0.491 e. The van der Waals surface area contributed by atoms with Gasteiger partial charge in [-0.05, 0) is 31.4 Å². The zero-order valence-electron chi connectivity index (χ0n) is 15.2. The zero-order chi connectivity index (χ0) is 18.5. The second-order valence-electron chi connectivity index (χ2n) is 6.97. The molecule has 1 aliphatic heterocycles. The van der Waals surface area contributed by atoms with Crippen molar-refractivity contribution < 1.29 is 19.1 Å². The number of anilines is 1. The van der Waals surface area contributed by atoms with Crippen molar-refractivity contribution in [1.82, 2.24) is 4.90 Å². The number of para-hydroxylation sites is 2. The topological polar surface area (TPSA) is 75.7 Å². The summed E-state index contributed by atoms with van der Waals surface area (Å²) in [5.41, 5.74) is 0.610. The largest absolute Gasteiger partial charge is 0.491 e. The van der Waals surface area contributed by atoms with Gasteiger partial charge in [-0.25, -0.2) is 0 Å². The van der Waals surface area contributed by atoms with Crippen molar-refractivity contribution in [2.24, 2.45) is 11.8 Å². The molecular formula is C20H26N2O4. The number of fused-ring (bicyclic) bond motifs is 1. The third-order valence-corrected chi connectivity index (χ3v) is 5.12. The van der Waals surface area contributed by atoms with E-state index in [1.807, 2.05) is 25.1 Å². The molecule has 1 N–H and O–H groups in total. The quantitative estimate of drug-likeness (QED) is 0.760. The van der Waals surface area contributed by atoms with Crippen LogP contribution in [0, 0.1) is 11.8 Å². The number of ether oxygens (including phenoxy) is 1. The molecule has 1 aromatic carbocycles. The van der Waals surface area contributed by atoms with Crippen LogP contribution in [0.3, 0.4) is 0 Å². The molecule has 3 amide bonds. The van der Waals surface area contributed by atoms with Crippen molar-refractivity contribution in [3.8, 4) is 5.75 Å². The van der Waals surface area contributed by atoms with Crippen molar-refractivity contribution in [2.75, 3.05) is 18.5 Å². The average molecular weight is 358 g/mol. The molecule has 2 atom stereocenters. The van der Waals surface area contributed by atoms with Gasteiger partial charge in [0.1, 0.15) is 5.75 Å². The molecule has 0 radical (unpaired) electrons. The summed E-state index contributed by atoms with van der Waals surface area (Å²) in [5, 5.41) is 2.82. The highest BCUT2D eigenvalue weighted by molar-refractivity contribution is 6.05. The lowest BCUT2D eigenvalue weighted by molar-refractivity contribution is -0.140. The Morgan fingerprint density at radius 2 is 1.81 bits per heavy atom. The van der Waals surface area contributed by atoms with Gasteiger partial charge >= 0.3 is 0 Å². The maximum Gasteiger partial charge on any atom is 0.233 e. The summed E-state index contributed by atoms with van der Waals surface area (Å²) in [6, 6.07) is 7.27. The van der Waals surface area contributed by atoms with Crippen LogP contribution in [0.5, 0.6) is 5.75 Å². The Kier molecular flexibility index (Phi) is 5.91. The SMILES string of the molecule is CCCOc1ccccc1NC(=O)CCN1C(=O)[C@H]2CCCC[C@H]2C1=O. The van der Waals surface area contributed by atoms with E-state index in [-0.39, 0.29) is 42.5 Å². The van der Waals surface area contributed by atoms with Gasteiger partial charge in [-0.1, -0.05) is 31.9 Å². The average Bonchev–Trinajstić information content (AvgIpc) is 2.90. The standard InChI is InChI=1S/C20H26N2O4/c1-2-13-26-17-10-6-5-9-16(17)21-18(23)11-12-22-19(24)14-7-3-4-8-15(14)20(22)25/h5-6,9-10,14-15H,2-4,7-8,11-13H2,1H3,(H,21,23)/t14-,15+. The van der Waals surface area contributed by atoms with Crippen LogP contribution in [0.15, 0.2) is 24.3 Å². The predicted octanol–water partition coefficient (Wildman–Crippen LogP) is 2.98. The number of amides is 3. The van der Waals surface area contributed by atoms with Gasteiger partial charge in [-0.15, -0.1) is 0 Å². The summed E-state index contributed by atoms with van der Waals surface area (Å²) < 4.78 is 5.63. The molecule has 2 aliphatic rings. The van der Waals surface area contributed by atoms with Crippen LogP contribution in [0.25, 0.3) is 0 Å². The molecule has 6 nitrogen and oxygen atoms in total. The lowest BCUT2D eigenvalue weighted by Crippen LogP contribution is -2.34. The van der Waals surface area contributed by atoms with Crippen LogP contribution in [-0.2, 0) is 14.4 Å². The third kappa shape index (κ3) is 3.89. The van der Waals surface area contributed by atoms with Crippen LogP contribution in [-0.4, -0.2) is 35.8 Å². The molecule has 0 aromatic heterocycles. The Balaban J connectivity index is 1.56. The first-order chi connectivity index (χ1) is 12.6. The van der Waals surface area contributed by atoms with E-state index in [0.29, 0.717) is 18.0 Å². The summed E-state index contributed by atoms with van der Waals surface area (Å²) in [4.78, 5) is 38.5. The second kappa shape index (κ2) is 8.34. The number of carbonyl (C=O) groups is 3. The van der Waals surface area contributed by atoms with Crippen molar-refractivity contribution >= 4 is 23.4 Å². The summed E-state index contributed by atoms with van der Waals surface area (Å²) in [6.07, 6.45) is 4.56. The van der Waals surface area contributed by atoms with Crippen LogP contribution < -0.4 is 10.1 Å². The smallest absolute Gasteiger partial charge is 0.233 e. The Bertz CT molecular complexity index is 664.